The van der Waals surface area contributed by atoms with Gasteiger partial charge in [0.05, 0.1) is 6.61 Å². The fourth-order valence-corrected chi connectivity index (χ4v) is 1.79. The molecular weight excluding hydrogens is 188 g/mol. The van der Waals surface area contributed by atoms with Crippen molar-refractivity contribution in [3.8, 4) is 0 Å². The second-order valence-corrected chi connectivity index (χ2v) is 3.92. The van der Waals surface area contributed by atoms with E-state index in [2.05, 4.69) is 4.74 Å². The first-order valence-electron chi connectivity index (χ1n) is 4.06. The number of carbonyl (C=O) groups excluding carboxylic acids is 1. The average molecular weight is 200 g/mol. The van der Waals surface area contributed by atoms with Gasteiger partial charge in [-0.2, -0.15) is 0 Å². The van der Waals surface area contributed by atoms with Crippen LogP contribution in [0.25, 0.3) is 0 Å². The number of aliphatic hydroxyl groups is 1. The molecule has 0 bridgehead atoms. The van der Waals surface area contributed by atoms with E-state index >= 15 is 0 Å². The molecule has 0 aliphatic rings. The van der Waals surface area contributed by atoms with Crippen molar-refractivity contribution in [3.05, 3.63) is 21.9 Å². The van der Waals surface area contributed by atoms with Gasteiger partial charge in [0.1, 0.15) is 0 Å². The number of hydrogen-bond donors (Lipinski definition) is 1. The molecule has 0 fully saturated rings. The zero-order valence-electron chi connectivity index (χ0n) is 7.61. The number of hydrogen-bond acceptors (Lipinski definition) is 4. The van der Waals surface area contributed by atoms with Gasteiger partial charge in [-0.1, -0.05) is 0 Å². The summed E-state index contributed by atoms with van der Waals surface area (Å²) in [5.41, 5.74) is 0. The molecule has 0 amide bonds. The largest absolute Gasteiger partial charge is 0.464 e. The van der Waals surface area contributed by atoms with Crippen LogP contribution in [-0.4, -0.2) is 17.7 Å². The molecule has 0 radical (unpaired) electrons. The normalized spacial score (nSPS) is 12.5. The maximum atomic E-state index is 11.1. The van der Waals surface area contributed by atoms with Crippen LogP contribution in [-0.2, 0) is 9.53 Å². The third kappa shape index (κ3) is 2.54. The van der Waals surface area contributed by atoms with Gasteiger partial charge in [0, 0.05) is 9.75 Å². The fourth-order valence-electron chi connectivity index (χ4n) is 0.938. The number of aryl methyl sites for hydroxylation is 1. The van der Waals surface area contributed by atoms with E-state index in [0.29, 0.717) is 11.5 Å². The molecule has 0 saturated carbocycles. The first-order chi connectivity index (χ1) is 6.15. The molecule has 4 heteroatoms. The molecule has 1 unspecified atom stereocenters. The molecule has 1 aromatic heterocycles. The summed E-state index contributed by atoms with van der Waals surface area (Å²) in [7, 11) is 0. The molecule has 0 saturated heterocycles. The van der Waals surface area contributed by atoms with Crippen molar-refractivity contribution in [2.24, 2.45) is 0 Å². The van der Waals surface area contributed by atoms with Crippen LogP contribution in [0.4, 0.5) is 0 Å². The third-order valence-electron chi connectivity index (χ3n) is 1.54. The summed E-state index contributed by atoms with van der Waals surface area (Å²) in [6, 6.07) is 3.60. The van der Waals surface area contributed by atoms with E-state index in [1.54, 1.807) is 13.0 Å². The molecule has 0 spiro atoms. The minimum atomic E-state index is -1.13. The van der Waals surface area contributed by atoms with E-state index in [-0.39, 0.29) is 0 Å². The predicted octanol–water partition coefficient (Wildman–Crippen LogP) is 1.65. The monoisotopic (exact) mass is 200 g/mol. The van der Waals surface area contributed by atoms with Crippen LogP contribution in [0.5, 0.6) is 0 Å². The van der Waals surface area contributed by atoms with Crippen molar-refractivity contribution >= 4 is 17.3 Å². The Morgan fingerprint density at radius 1 is 1.69 bits per heavy atom. The van der Waals surface area contributed by atoms with Crippen LogP contribution in [0, 0.1) is 6.92 Å². The van der Waals surface area contributed by atoms with Gasteiger partial charge in [-0.25, -0.2) is 4.79 Å². The molecule has 1 N–H and O–H groups in total. The molecule has 1 heterocycles. The quantitative estimate of drug-likeness (QED) is 0.755. The van der Waals surface area contributed by atoms with Crippen LogP contribution in [0.3, 0.4) is 0 Å². The molecule has 0 aliphatic carbocycles. The van der Waals surface area contributed by atoms with Crippen LogP contribution in [0.15, 0.2) is 12.1 Å². The second-order valence-electron chi connectivity index (χ2n) is 2.60. The van der Waals surface area contributed by atoms with Crippen LogP contribution < -0.4 is 0 Å². The number of ether oxygens (including phenoxy) is 1. The summed E-state index contributed by atoms with van der Waals surface area (Å²) in [5, 5.41) is 9.47. The molecule has 0 aliphatic heterocycles. The number of thiophene rings is 1. The van der Waals surface area contributed by atoms with Gasteiger partial charge in [0.2, 0.25) is 0 Å². The minimum Gasteiger partial charge on any atom is -0.464 e. The summed E-state index contributed by atoms with van der Waals surface area (Å²) in [6.45, 7) is 3.93. The lowest BCUT2D eigenvalue weighted by Crippen LogP contribution is -2.14. The van der Waals surface area contributed by atoms with Gasteiger partial charge < -0.3 is 9.84 Å². The van der Waals surface area contributed by atoms with E-state index in [1.807, 2.05) is 13.0 Å². The number of esters is 1. The highest BCUT2D eigenvalue weighted by Crippen LogP contribution is 2.23. The first-order valence-corrected chi connectivity index (χ1v) is 4.88. The molecule has 1 rings (SSSR count). The molecule has 13 heavy (non-hydrogen) atoms. The average Bonchev–Trinajstić information content (AvgIpc) is 2.51. The summed E-state index contributed by atoms with van der Waals surface area (Å²) < 4.78 is 4.69. The molecule has 0 aromatic carbocycles. The molecule has 72 valence electrons. The SMILES string of the molecule is CCOC(=O)C(O)c1ccc(C)s1. The lowest BCUT2D eigenvalue weighted by Gasteiger charge is -2.06. The van der Waals surface area contributed by atoms with Crippen molar-refractivity contribution in [2.45, 2.75) is 20.0 Å². The lowest BCUT2D eigenvalue weighted by atomic mass is 10.3. The Labute approximate surface area is 81.0 Å². The number of carbonyl (C=O) groups is 1. The molecule has 3 nitrogen and oxygen atoms in total. The fraction of sp³-hybridized carbons (Fsp3) is 0.444. The Balaban J connectivity index is 2.67. The van der Waals surface area contributed by atoms with Gasteiger partial charge in [0.15, 0.2) is 6.10 Å². The summed E-state index contributed by atoms with van der Waals surface area (Å²) in [4.78, 5) is 12.8. The highest BCUT2D eigenvalue weighted by atomic mass is 32.1. The topological polar surface area (TPSA) is 46.5 Å². The zero-order valence-corrected chi connectivity index (χ0v) is 8.43. The van der Waals surface area contributed by atoms with Crippen molar-refractivity contribution in [1.29, 1.82) is 0 Å². The summed E-state index contributed by atoms with van der Waals surface area (Å²) in [6.07, 6.45) is -1.13. The molecule has 1 aromatic rings. The Morgan fingerprint density at radius 2 is 2.38 bits per heavy atom. The summed E-state index contributed by atoms with van der Waals surface area (Å²) in [5.74, 6) is -0.579. The van der Waals surface area contributed by atoms with E-state index in [1.165, 1.54) is 11.3 Å². The van der Waals surface area contributed by atoms with Gasteiger partial charge in [0.25, 0.3) is 0 Å². The van der Waals surface area contributed by atoms with Gasteiger partial charge in [-0.05, 0) is 26.0 Å². The van der Waals surface area contributed by atoms with Gasteiger partial charge in [-0.3, -0.25) is 0 Å². The Hall–Kier alpha value is -0.870. The Bertz CT molecular complexity index is 293. The number of aliphatic hydroxyl groups excluding tert-OH is 1. The van der Waals surface area contributed by atoms with Crippen molar-refractivity contribution < 1.29 is 14.6 Å². The minimum absolute atomic E-state index is 0.292. The molecular formula is C9H12O3S. The van der Waals surface area contributed by atoms with Crippen LogP contribution in [0.2, 0.25) is 0 Å². The smallest absolute Gasteiger partial charge is 0.340 e. The van der Waals surface area contributed by atoms with E-state index in [0.717, 1.165) is 4.88 Å². The maximum absolute atomic E-state index is 11.1. The maximum Gasteiger partial charge on any atom is 0.340 e. The van der Waals surface area contributed by atoms with Crippen molar-refractivity contribution in [2.75, 3.05) is 6.61 Å². The summed E-state index contributed by atoms with van der Waals surface area (Å²) >= 11 is 1.40. The van der Waals surface area contributed by atoms with Crippen LogP contribution in [0.1, 0.15) is 22.8 Å². The lowest BCUT2D eigenvalue weighted by molar-refractivity contribution is -0.153. The predicted molar refractivity (Wildman–Crippen MR) is 50.6 cm³/mol. The third-order valence-corrected chi connectivity index (χ3v) is 2.59. The first kappa shape index (κ1) is 10.2. The van der Waals surface area contributed by atoms with Gasteiger partial charge in [-0.15, -0.1) is 11.3 Å². The zero-order chi connectivity index (χ0) is 9.84. The van der Waals surface area contributed by atoms with Crippen LogP contribution >= 0.6 is 11.3 Å². The highest BCUT2D eigenvalue weighted by molar-refractivity contribution is 7.12. The number of rotatable bonds is 3. The Morgan fingerprint density at radius 3 is 2.85 bits per heavy atom. The van der Waals surface area contributed by atoms with Crippen molar-refractivity contribution in [1.82, 2.24) is 0 Å². The van der Waals surface area contributed by atoms with E-state index in [9.17, 15) is 9.90 Å². The van der Waals surface area contributed by atoms with E-state index < -0.39 is 12.1 Å². The Kier molecular flexibility index (Phi) is 3.45. The van der Waals surface area contributed by atoms with Gasteiger partial charge >= 0.3 is 5.97 Å². The second kappa shape index (κ2) is 4.39. The van der Waals surface area contributed by atoms with E-state index in [4.69, 9.17) is 0 Å². The molecule has 1 atom stereocenters. The van der Waals surface area contributed by atoms with Crippen molar-refractivity contribution in [3.63, 3.8) is 0 Å². The standard InChI is InChI=1S/C9H12O3S/c1-3-12-9(11)8(10)7-5-4-6(2)13-7/h4-5,8,10H,3H2,1-2H3. The highest BCUT2D eigenvalue weighted by Gasteiger charge is 2.19.